The van der Waals surface area contributed by atoms with Gasteiger partial charge in [-0.25, -0.2) is 13.4 Å². The fourth-order valence-corrected chi connectivity index (χ4v) is 5.94. The maximum absolute atomic E-state index is 12.1. The van der Waals surface area contributed by atoms with Crippen LogP contribution in [-0.2, 0) is 26.8 Å². The van der Waals surface area contributed by atoms with Crippen molar-refractivity contribution >= 4 is 50.0 Å². The number of sulfone groups is 1. The normalized spacial score (nSPS) is 11.5. The van der Waals surface area contributed by atoms with E-state index in [0.29, 0.717) is 23.0 Å². The lowest BCUT2D eigenvalue weighted by molar-refractivity contribution is -0.120. The molecule has 9 heteroatoms. The lowest BCUT2D eigenvalue weighted by atomic mass is 10.2. The fourth-order valence-electron chi connectivity index (χ4n) is 2.58. The Morgan fingerprint density at radius 1 is 1.14 bits per heavy atom. The summed E-state index contributed by atoms with van der Waals surface area (Å²) >= 11 is 8.86. The molecule has 1 aromatic carbocycles. The predicted octanol–water partition coefficient (Wildman–Crippen LogP) is 4.19. The molecule has 0 aliphatic heterocycles. The zero-order valence-corrected chi connectivity index (χ0v) is 18.1. The Morgan fingerprint density at radius 3 is 2.64 bits per heavy atom. The molecule has 3 aromatic rings. The van der Waals surface area contributed by atoms with E-state index in [4.69, 9.17) is 11.6 Å². The van der Waals surface area contributed by atoms with Crippen LogP contribution in [0.1, 0.15) is 17.7 Å². The second-order valence-corrected chi connectivity index (χ2v) is 11.0. The molecular formula is C19H19ClN2O3S3. The Bertz CT molecular complexity index is 1030. The monoisotopic (exact) mass is 454 g/mol. The SMILES string of the molecule is O=C(Cc1csc(-c2ccc(Cl)s2)n1)NCCCS(=O)(=O)Cc1ccccc1. The minimum absolute atomic E-state index is 0.0239. The standard InChI is InChI=1S/C19H19ClN2O3S3/c20-17-8-7-16(27-17)19-22-15(12-26-19)11-18(23)21-9-4-10-28(24,25)13-14-5-2-1-3-6-14/h1-3,5-8,12H,4,9-11,13H2,(H,21,23). The van der Waals surface area contributed by atoms with Gasteiger partial charge in [0.15, 0.2) is 9.84 Å². The summed E-state index contributed by atoms with van der Waals surface area (Å²) in [6, 6.07) is 12.8. The van der Waals surface area contributed by atoms with Crippen molar-refractivity contribution in [3.8, 4) is 9.88 Å². The smallest absolute Gasteiger partial charge is 0.226 e. The Balaban J connectivity index is 1.40. The molecule has 0 radical (unpaired) electrons. The molecule has 0 bridgehead atoms. The first-order valence-electron chi connectivity index (χ1n) is 8.62. The molecule has 1 N–H and O–H groups in total. The molecular weight excluding hydrogens is 436 g/mol. The third kappa shape index (κ3) is 6.41. The van der Waals surface area contributed by atoms with Crippen LogP contribution >= 0.6 is 34.3 Å². The number of thiazole rings is 1. The lowest BCUT2D eigenvalue weighted by Gasteiger charge is -2.06. The number of hydrogen-bond donors (Lipinski definition) is 1. The molecule has 0 aliphatic rings. The van der Waals surface area contributed by atoms with Gasteiger partial charge in [-0.3, -0.25) is 4.79 Å². The van der Waals surface area contributed by atoms with Crippen LogP contribution in [0.25, 0.3) is 9.88 Å². The predicted molar refractivity (Wildman–Crippen MR) is 116 cm³/mol. The Morgan fingerprint density at radius 2 is 1.93 bits per heavy atom. The third-order valence-corrected chi connectivity index (χ3v) is 7.84. The van der Waals surface area contributed by atoms with Crippen molar-refractivity contribution in [2.75, 3.05) is 12.3 Å². The molecule has 5 nitrogen and oxygen atoms in total. The average Bonchev–Trinajstić information content (AvgIpc) is 3.28. The molecule has 3 rings (SSSR count). The van der Waals surface area contributed by atoms with Gasteiger partial charge in [0.2, 0.25) is 5.91 Å². The highest BCUT2D eigenvalue weighted by Crippen LogP contribution is 2.32. The number of carbonyl (C=O) groups excluding carboxylic acids is 1. The van der Waals surface area contributed by atoms with Gasteiger partial charge >= 0.3 is 0 Å². The summed E-state index contributed by atoms with van der Waals surface area (Å²) in [5.41, 5.74) is 1.47. The van der Waals surface area contributed by atoms with Gasteiger partial charge in [-0.15, -0.1) is 22.7 Å². The van der Waals surface area contributed by atoms with Crippen LogP contribution in [0, 0.1) is 0 Å². The zero-order valence-electron chi connectivity index (χ0n) is 14.9. The van der Waals surface area contributed by atoms with Gasteiger partial charge in [0.1, 0.15) is 5.01 Å². The van der Waals surface area contributed by atoms with Gasteiger partial charge < -0.3 is 5.32 Å². The Labute approximate surface area is 177 Å². The highest BCUT2D eigenvalue weighted by Gasteiger charge is 2.13. The molecule has 0 spiro atoms. The minimum atomic E-state index is -3.19. The summed E-state index contributed by atoms with van der Waals surface area (Å²) in [7, 11) is -3.19. The molecule has 0 unspecified atom stereocenters. The Hall–Kier alpha value is -1.74. The first-order chi connectivity index (χ1) is 13.4. The summed E-state index contributed by atoms with van der Waals surface area (Å²) in [6.45, 7) is 0.324. The first-order valence-corrected chi connectivity index (χ1v) is 12.5. The van der Waals surface area contributed by atoms with Gasteiger partial charge in [-0.2, -0.15) is 0 Å². The topological polar surface area (TPSA) is 76.1 Å². The van der Waals surface area contributed by atoms with E-state index >= 15 is 0 Å². The van der Waals surface area contributed by atoms with Gasteiger partial charge in [-0.05, 0) is 24.1 Å². The average molecular weight is 455 g/mol. The molecule has 1 amide bonds. The number of thiophene rings is 1. The zero-order chi connectivity index (χ0) is 20.0. The van der Waals surface area contributed by atoms with E-state index in [0.717, 1.165) is 15.4 Å². The highest BCUT2D eigenvalue weighted by molar-refractivity contribution is 7.90. The van der Waals surface area contributed by atoms with Crippen molar-refractivity contribution in [1.29, 1.82) is 0 Å². The number of nitrogens with zero attached hydrogens (tertiary/aromatic N) is 1. The fraction of sp³-hybridized carbons (Fsp3) is 0.263. The number of nitrogens with one attached hydrogen (secondary N) is 1. The number of aromatic nitrogens is 1. The number of hydrogen-bond acceptors (Lipinski definition) is 6. The van der Waals surface area contributed by atoms with Crippen molar-refractivity contribution in [3.63, 3.8) is 0 Å². The summed E-state index contributed by atoms with van der Waals surface area (Å²) in [5.74, 6) is -0.0975. The molecule has 148 valence electrons. The number of rotatable bonds is 9. The summed E-state index contributed by atoms with van der Waals surface area (Å²) in [4.78, 5) is 17.5. The van der Waals surface area contributed by atoms with E-state index in [9.17, 15) is 13.2 Å². The molecule has 0 saturated carbocycles. The summed E-state index contributed by atoms with van der Waals surface area (Å²) in [5, 5.41) is 5.46. The van der Waals surface area contributed by atoms with Gasteiger partial charge in [0.05, 0.1) is 32.8 Å². The van der Waals surface area contributed by atoms with Crippen LogP contribution in [0.2, 0.25) is 4.34 Å². The van der Waals surface area contributed by atoms with Crippen molar-refractivity contribution in [1.82, 2.24) is 10.3 Å². The van der Waals surface area contributed by atoms with E-state index in [-0.39, 0.29) is 23.8 Å². The van der Waals surface area contributed by atoms with Crippen LogP contribution in [-0.4, -0.2) is 31.6 Å². The largest absolute Gasteiger partial charge is 0.356 e. The number of benzene rings is 1. The molecule has 2 heterocycles. The summed E-state index contributed by atoms with van der Waals surface area (Å²) < 4.78 is 25.0. The van der Waals surface area contributed by atoms with Crippen LogP contribution < -0.4 is 5.32 Å². The molecule has 28 heavy (non-hydrogen) atoms. The van der Waals surface area contributed by atoms with E-state index in [1.165, 1.54) is 22.7 Å². The van der Waals surface area contributed by atoms with E-state index in [2.05, 4.69) is 10.3 Å². The van der Waals surface area contributed by atoms with Gasteiger partial charge in [0, 0.05) is 11.9 Å². The number of carbonyl (C=O) groups is 1. The van der Waals surface area contributed by atoms with Crippen LogP contribution in [0.3, 0.4) is 0 Å². The number of halogens is 1. The number of amides is 1. The maximum Gasteiger partial charge on any atom is 0.226 e. The molecule has 0 aliphatic carbocycles. The molecule has 2 aromatic heterocycles. The molecule has 0 fully saturated rings. The van der Waals surface area contributed by atoms with Gasteiger partial charge in [0.25, 0.3) is 0 Å². The van der Waals surface area contributed by atoms with E-state index in [1.807, 2.05) is 35.7 Å². The van der Waals surface area contributed by atoms with Crippen molar-refractivity contribution in [2.24, 2.45) is 0 Å². The minimum Gasteiger partial charge on any atom is -0.356 e. The van der Waals surface area contributed by atoms with Crippen LogP contribution in [0.5, 0.6) is 0 Å². The second kappa shape index (κ2) is 9.65. The molecule has 0 atom stereocenters. The molecule has 0 saturated heterocycles. The maximum atomic E-state index is 12.1. The van der Waals surface area contributed by atoms with E-state index in [1.54, 1.807) is 12.1 Å². The third-order valence-electron chi connectivity index (χ3n) is 3.86. The quantitative estimate of drug-likeness (QED) is 0.492. The van der Waals surface area contributed by atoms with Crippen LogP contribution in [0.15, 0.2) is 47.8 Å². The lowest BCUT2D eigenvalue weighted by Crippen LogP contribution is -2.27. The van der Waals surface area contributed by atoms with E-state index < -0.39 is 9.84 Å². The first kappa shape index (κ1) is 21.0. The summed E-state index contributed by atoms with van der Waals surface area (Å²) in [6.07, 6.45) is 0.559. The van der Waals surface area contributed by atoms with Crippen molar-refractivity contribution < 1.29 is 13.2 Å². The van der Waals surface area contributed by atoms with Crippen molar-refractivity contribution in [3.05, 3.63) is 63.4 Å². The highest BCUT2D eigenvalue weighted by atomic mass is 35.5. The van der Waals surface area contributed by atoms with Crippen molar-refractivity contribution in [2.45, 2.75) is 18.6 Å². The second-order valence-electron chi connectivity index (χ2n) is 6.21. The Kier molecular flexibility index (Phi) is 7.23. The van der Waals surface area contributed by atoms with Gasteiger partial charge in [-0.1, -0.05) is 41.9 Å². The van der Waals surface area contributed by atoms with Crippen LogP contribution in [0.4, 0.5) is 0 Å².